The molecular formula is C30H32F2N8O6. The second-order valence-electron chi connectivity index (χ2n) is 10.5. The predicted molar refractivity (Wildman–Crippen MR) is 162 cm³/mol. The van der Waals surface area contributed by atoms with Crippen LogP contribution < -0.4 is 15.6 Å². The van der Waals surface area contributed by atoms with E-state index in [4.69, 9.17) is 4.74 Å². The lowest BCUT2D eigenvalue weighted by atomic mass is 10.0. The fourth-order valence-electron chi connectivity index (χ4n) is 4.32. The molecule has 16 heteroatoms. The number of H-pyrrole nitrogens is 1. The minimum Gasteiger partial charge on any atom is -0.471 e. The van der Waals surface area contributed by atoms with Crippen molar-refractivity contribution in [3.8, 4) is 5.88 Å². The van der Waals surface area contributed by atoms with Gasteiger partial charge in [0.25, 0.3) is 5.56 Å². The number of hydrogen-bond donors (Lipinski definition) is 3. The summed E-state index contributed by atoms with van der Waals surface area (Å²) in [4.78, 5) is 67.6. The number of imidazole rings is 1. The third-order valence-corrected chi connectivity index (χ3v) is 6.85. The number of ether oxygens (including phenoxy) is 1. The van der Waals surface area contributed by atoms with Gasteiger partial charge in [-0.3, -0.25) is 14.4 Å². The number of pyridine rings is 1. The van der Waals surface area contributed by atoms with Gasteiger partial charge >= 0.3 is 6.09 Å². The molecule has 0 bridgehead atoms. The molecule has 1 aromatic carbocycles. The molecule has 1 atom stereocenters. The minimum absolute atomic E-state index is 0.0324. The van der Waals surface area contributed by atoms with Crippen LogP contribution in [-0.4, -0.2) is 85.0 Å². The van der Waals surface area contributed by atoms with Gasteiger partial charge < -0.3 is 34.5 Å². The highest BCUT2D eigenvalue weighted by Gasteiger charge is 2.23. The van der Waals surface area contributed by atoms with Crippen LogP contribution in [0.3, 0.4) is 0 Å². The van der Waals surface area contributed by atoms with E-state index >= 15 is 0 Å². The number of carbonyl (C=O) groups is 3. The normalized spacial score (nSPS) is 11.8. The Labute approximate surface area is 261 Å². The van der Waals surface area contributed by atoms with Gasteiger partial charge in [0.05, 0.1) is 12.5 Å². The van der Waals surface area contributed by atoms with Crippen LogP contribution in [0.15, 0.2) is 59.8 Å². The Balaban J connectivity index is 1.48. The highest BCUT2D eigenvalue weighted by molar-refractivity contribution is 5.92. The number of carboxylic acid groups (broad SMARTS) is 1. The van der Waals surface area contributed by atoms with Crippen molar-refractivity contribution in [1.82, 2.24) is 34.3 Å². The van der Waals surface area contributed by atoms with E-state index in [1.54, 1.807) is 26.2 Å². The first kappa shape index (κ1) is 33.2. The van der Waals surface area contributed by atoms with Crippen molar-refractivity contribution >= 4 is 34.8 Å². The van der Waals surface area contributed by atoms with Gasteiger partial charge in [0.15, 0.2) is 5.65 Å². The number of likely N-dealkylation sites (N-methyl/N-ethyl adjacent to an activating group) is 1. The molecule has 0 radical (unpaired) electrons. The Morgan fingerprint density at radius 1 is 1.17 bits per heavy atom. The predicted octanol–water partition coefficient (Wildman–Crippen LogP) is 3.01. The fourth-order valence-corrected chi connectivity index (χ4v) is 4.32. The Hall–Kier alpha value is -5.67. The summed E-state index contributed by atoms with van der Waals surface area (Å²) in [6.07, 6.45) is 5.01. The van der Waals surface area contributed by atoms with Crippen molar-refractivity contribution in [2.24, 2.45) is 5.92 Å². The van der Waals surface area contributed by atoms with Gasteiger partial charge in [-0.15, -0.1) is 0 Å². The second-order valence-corrected chi connectivity index (χ2v) is 10.5. The van der Waals surface area contributed by atoms with Crippen molar-refractivity contribution < 1.29 is 33.0 Å². The number of rotatable bonds is 13. The van der Waals surface area contributed by atoms with Crippen LogP contribution in [0, 0.1) is 17.6 Å². The molecule has 46 heavy (non-hydrogen) atoms. The zero-order valence-electron chi connectivity index (χ0n) is 25.2. The van der Waals surface area contributed by atoms with Crippen LogP contribution in [-0.2, 0) is 22.7 Å². The molecule has 3 heterocycles. The van der Waals surface area contributed by atoms with Crippen LogP contribution >= 0.6 is 0 Å². The zero-order chi connectivity index (χ0) is 33.4. The molecular weight excluding hydrogens is 606 g/mol. The maximum absolute atomic E-state index is 14.0. The largest absolute Gasteiger partial charge is 0.471 e. The van der Waals surface area contributed by atoms with E-state index in [1.807, 2.05) is 0 Å². The molecule has 3 N–H and O–H groups in total. The smallest absolute Gasteiger partial charge is 0.407 e. The molecule has 0 aliphatic carbocycles. The minimum atomic E-state index is -1.22. The molecule has 242 valence electrons. The molecule has 0 saturated heterocycles. The molecule has 0 aliphatic heterocycles. The Morgan fingerprint density at radius 3 is 2.67 bits per heavy atom. The number of allylic oxidation sites excluding steroid dienone is 1. The maximum Gasteiger partial charge on any atom is 0.407 e. The van der Waals surface area contributed by atoms with E-state index in [-0.39, 0.29) is 54.8 Å². The summed E-state index contributed by atoms with van der Waals surface area (Å²) >= 11 is 0. The number of amides is 3. The average molecular weight is 639 g/mol. The van der Waals surface area contributed by atoms with E-state index in [0.717, 1.165) is 17.0 Å². The SMILES string of the molecule is CN(C)C(=O)/C=C/CC[C@@H](CN(C)C(=O)O)C(=O)Nc1cccn(Cc2nc3ncnc(OCc4ccc(F)cc4F)c3[nH]2)c1=O. The van der Waals surface area contributed by atoms with Crippen LogP contribution in [0.2, 0.25) is 0 Å². The number of benzene rings is 1. The first-order valence-electron chi connectivity index (χ1n) is 14.0. The molecule has 14 nitrogen and oxygen atoms in total. The number of anilines is 1. The molecule has 3 amide bonds. The number of carbonyl (C=O) groups excluding carboxylic acids is 2. The molecule has 4 rings (SSSR count). The lowest BCUT2D eigenvalue weighted by molar-refractivity contribution is -0.123. The second kappa shape index (κ2) is 14.9. The molecule has 0 fully saturated rings. The summed E-state index contributed by atoms with van der Waals surface area (Å²) < 4.78 is 34.2. The van der Waals surface area contributed by atoms with Crippen molar-refractivity contribution in [2.75, 3.05) is 33.0 Å². The maximum atomic E-state index is 14.0. The number of hydrogen-bond acceptors (Lipinski definition) is 8. The van der Waals surface area contributed by atoms with Crippen LogP contribution in [0.4, 0.5) is 19.3 Å². The molecule has 0 spiro atoms. The first-order valence-corrected chi connectivity index (χ1v) is 14.0. The number of aromatic nitrogens is 5. The lowest BCUT2D eigenvalue weighted by Crippen LogP contribution is -2.37. The van der Waals surface area contributed by atoms with Gasteiger partial charge in [0.1, 0.15) is 41.6 Å². The summed E-state index contributed by atoms with van der Waals surface area (Å²) in [6, 6.07) is 6.11. The molecule has 3 aromatic heterocycles. The first-order chi connectivity index (χ1) is 21.9. The fraction of sp³-hybridized carbons (Fsp3) is 0.300. The van der Waals surface area contributed by atoms with E-state index in [2.05, 4.69) is 25.3 Å². The summed E-state index contributed by atoms with van der Waals surface area (Å²) in [6.45, 7) is -0.418. The molecule has 0 aliphatic rings. The Kier molecular flexibility index (Phi) is 10.7. The van der Waals surface area contributed by atoms with Crippen LogP contribution in [0.5, 0.6) is 5.88 Å². The Bertz CT molecular complexity index is 1820. The van der Waals surface area contributed by atoms with Crippen molar-refractivity contribution in [2.45, 2.75) is 26.0 Å². The van der Waals surface area contributed by atoms with Gasteiger partial charge in [0.2, 0.25) is 17.7 Å². The molecule has 0 saturated carbocycles. The van der Waals surface area contributed by atoms with Gasteiger partial charge in [-0.25, -0.2) is 23.5 Å². The van der Waals surface area contributed by atoms with Crippen molar-refractivity contribution in [1.29, 1.82) is 0 Å². The lowest BCUT2D eigenvalue weighted by Gasteiger charge is -2.21. The molecule has 4 aromatic rings. The van der Waals surface area contributed by atoms with Crippen LogP contribution in [0.25, 0.3) is 11.2 Å². The van der Waals surface area contributed by atoms with E-state index in [9.17, 15) is 33.1 Å². The van der Waals surface area contributed by atoms with E-state index in [1.165, 1.54) is 47.2 Å². The number of nitrogens with zero attached hydrogens (tertiary/aromatic N) is 6. The number of nitrogens with one attached hydrogen (secondary N) is 2. The van der Waals surface area contributed by atoms with Crippen LogP contribution in [0.1, 0.15) is 24.2 Å². The number of halogens is 2. The standard InChI is InChI=1S/C30H32F2N8O6/c1-38(2)24(41)9-5-4-7-18(14-39(3)30(44)45)27(42)35-22-8-6-12-40(29(22)43)15-23-36-25-26(37-23)33-17-34-28(25)46-16-19-10-11-20(31)13-21(19)32/h5-6,8-13,17-18H,4,7,14-16H2,1-3H3,(H,35,42)(H,44,45)(H,33,34,36,37)/b9-5+/t18-/m0/s1. The molecule has 0 unspecified atom stereocenters. The monoisotopic (exact) mass is 638 g/mol. The van der Waals surface area contributed by atoms with Gasteiger partial charge in [-0.2, -0.15) is 4.98 Å². The summed E-state index contributed by atoms with van der Waals surface area (Å²) in [5.74, 6) is -2.71. The summed E-state index contributed by atoms with van der Waals surface area (Å²) in [5, 5.41) is 11.9. The topological polar surface area (TPSA) is 176 Å². The quantitative estimate of drug-likeness (QED) is 0.186. The number of aromatic amines is 1. The van der Waals surface area contributed by atoms with Gasteiger partial charge in [-0.1, -0.05) is 6.08 Å². The van der Waals surface area contributed by atoms with Gasteiger partial charge in [0, 0.05) is 45.5 Å². The highest BCUT2D eigenvalue weighted by atomic mass is 19.1. The van der Waals surface area contributed by atoms with Gasteiger partial charge in [-0.05, 0) is 43.2 Å². The van der Waals surface area contributed by atoms with E-state index in [0.29, 0.717) is 17.8 Å². The van der Waals surface area contributed by atoms with E-state index < -0.39 is 35.1 Å². The summed E-state index contributed by atoms with van der Waals surface area (Å²) in [5.41, 5.74) is 0.0571. The number of fused-ring (bicyclic) bond motifs is 1. The highest BCUT2D eigenvalue weighted by Crippen LogP contribution is 2.21. The summed E-state index contributed by atoms with van der Waals surface area (Å²) in [7, 11) is 4.54. The third kappa shape index (κ3) is 8.49. The van der Waals surface area contributed by atoms with Crippen molar-refractivity contribution in [3.63, 3.8) is 0 Å². The Morgan fingerprint density at radius 2 is 1.96 bits per heavy atom. The average Bonchev–Trinajstić information content (AvgIpc) is 3.43. The third-order valence-electron chi connectivity index (χ3n) is 6.85. The zero-order valence-corrected chi connectivity index (χ0v) is 25.2. The van der Waals surface area contributed by atoms with Crippen molar-refractivity contribution in [3.05, 3.63) is 88.4 Å².